The Morgan fingerprint density at radius 3 is 2.77 bits per heavy atom. The molecular formula is C16H20N4O3S3. The average molecular weight is 413 g/mol. The number of benzene rings is 1. The minimum Gasteiger partial charge on any atom is -0.341 e. The van der Waals surface area contributed by atoms with Crippen molar-refractivity contribution in [3.63, 3.8) is 0 Å². The van der Waals surface area contributed by atoms with E-state index < -0.39 is 10.0 Å². The van der Waals surface area contributed by atoms with Gasteiger partial charge in [0.1, 0.15) is 15.9 Å². The number of aromatic nitrogens is 2. The van der Waals surface area contributed by atoms with Crippen LogP contribution in [0.15, 0.2) is 23.1 Å². The molecule has 2 fully saturated rings. The molecule has 1 unspecified atom stereocenters. The van der Waals surface area contributed by atoms with Gasteiger partial charge in [0.25, 0.3) is 0 Å². The lowest BCUT2D eigenvalue weighted by Crippen LogP contribution is -2.48. The van der Waals surface area contributed by atoms with Gasteiger partial charge in [-0.05, 0) is 25.0 Å². The molecule has 0 aliphatic carbocycles. The number of carbonyl (C=O) groups excluding carboxylic acids is 1. The minimum absolute atomic E-state index is 0.0960. The number of rotatable bonds is 3. The van der Waals surface area contributed by atoms with Crippen molar-refractivity contribution in [1.29, 1.82) is 0 Å². The van der Waals surface area contributed by atoms with E-state index in [4.69, 9.17) is 0 Å². The molecule has 4 rings (SSSR count). The summed E-state index contributed by atoms with van der Waals surface area (Å²) < 4.78 is 36.1. The maximum absolute atomic E-state index is 13.2. The number of thioether (sulfide) groups is 1. The second-order valence-corrected chi connectivity index (χ2v) is 10.2. The average Bonchev–Trinajstić information content (AvgIpc) is 3.17. The Morgan fingerprint density at radius 1 is 1.15 bits per heavy atom. The molecule has 1 amide bonds. The molecule has 1 aromatic carbocycles. The van der Waals surface area contributed by atoms with Crippen LogP contribution in [-0.2, 0) is 14.8 Å². The number of nitrogens with zero attached hydrogens (tertiary/aromatic N) is 4. The van der Waals surface area contributed by atoms with E-state index in [1.54, 1.807) is 18.2 Å². The van der Waals surface area contributed by atoms with Crippen molar-refractivity contribution >= 4 is 50.5 Å². The molecule has 2 aliphatic rings. The number of sulfonamides is 1. The first-order chi connectivity index (χ1) is 12.6. The van der Waals surface area contributed by atoms with Gasteiger partial charge in [-0.1, -0.05) is 6.07 Å². The third-order valence-corrected chi connectivity index (χ3v) is 8.30. The highest BCUT2D eigenvalue weighted by molar-refractivity contribution is 7.99. The maximum atomic E-state index is 13.2. The summed E-state index contributed by atoms with van der Waals surface area (Å²) in [5.41, 5.74) is 1.01. The molecule has 3 heterocycles. The van der Waals surface area contributed by atoms with Crippen molar-refractivity contribution in [2.75, 3.05) is 37.7 Å². The van der Waals surface area contributed by atoms with Crippen LogP contribution < -0.4 is 0 Å². The van der Waals surface area contributed by atoms with E-state index in [0.717, 1.165) is 42.7 Å². The number of amides is 1. The summed E-state index contributed by atoms with van der Waals surface area (Å²) >= 11 is 2.86. The summed E-state index contributed by atoms with van der Waals surface area (Å²) in [5, 5.41) is 0. The summed E-state index contributed by atoms with van der Waals surface area (Å²) in [6.07, 6.45) is 1.44. The first kappa shape index (κ1) is 18.1. The molecule has 2 saturated heterocycles. The van der Waals surface area contributed by atoms with Gasteiger partial charge in [-0.3, -0.25) is 4.79 Å². The molecule has 7 nitrogen and oxygen atoms in total. The van der Waals surface area contributed by atoms with Crippen LogP contribution in [0.5, 0.6) is 0 Å². The number of piperidine rings is 1. The fourth-order valence-corrected chi connectivity index (χ4v) is 6.71. The highest BCUT2D eigenvalue weighted by Crippen LogP contribution is 2.29. The first-order valence-corrected chi connectivity index (χ1v) is 12.0. The first-order valence-electron chi connectivity index (χ1n) is 8.65. The van der Waals surface area contributed by atoms with E-state index >= 15 is 0 Å². The predicted molar refractivity (Wildman–Crippen MR) is 103 cm³/mol. The Bertz CT molecular complexity index is 908. The SMILES string of the molecule is O=C(C1CCCN(S(=O)(=O)c2cccc3nsnc23)C1)N1CCSCC1. The summed E-state index contributed by atoms with van der Waals surface area (Å²) in [7, 11) is -3.69. The topological polar surface area (TPSA) is 83.5 Å². The zero-order valence-electron chi connectivity index (χ0n) is 14.2. The van der Waals surface area contributed by atoms with Crippen LogP contribution in [0.2, 0.25) is 0 Å². The van der Waals surface area contributed by atoms with Gasteiger partial charge in [0.2, 0.25) is 15.9 Å². The van der Waals surface area contributed by atoms with Crippen molar-refractivity contribution in [3.05, 3.63) is 18.2 Å². The highest BCUT2D eigenvalue weighted by Gasteiger charge is 2.36. The van der Waals surface area contributed by atoms with Gasteiger partial charge in [-0.25, -0.2) is 8.42 Å². The number of fused-ring (bicyclic) bond motifs is 1. The quantitative estimate of drug-likeness (QED) is 0.763. The normalized spacial score (nSPS) is 22.6. The molecule has 0 saturated carbocycles. The van der Waals surface area contributed by atoms with Gasteiger partial charge in [0.05, 0.1) is 17.6 Å². The second-order valence-electron chi connectivity index (χ2n) is 6.53. The molecule has 0 bridgehead atoms. The van der Waals surface area contributed by atoms with Crippen LogP contribution in [0.1, 0.15) is 12.8 Å². The van der Waals surface area contributed by atoms with Gasteiger partial charge >= 0.3 is 0 Å². The molecule has 10 heteroatoms. The Labute approximate surface area is 161 Å². The zero-order chi connectivity index (χ0) is 18.1. The van der Waals surface area contributed by atoms with E-state index in [-0.39, 0.29) is 23.3 Å². The van der Waals surface area contributed by atoms with Crippen LogP contribution in [-0.4, -0.2) is 70.0 Å². The molecule has 1 atom stereocenters. The smallest absolute Gasteiger partial charge is 0.245 e. The minimum atomic E-state index is -3.69. The van der Waals surface area contributed by atoms with Crippen molar-refractivity contribution < 1.29 is 13.2 Å². The predicted octanol–water partition coefficient (Wildman–Crippen LogP) is 1.67. The Morgan fingerprint density at radius 2 is 1.96 bits per heavy atom. The van der Waals surface area contributed by atoms with Gasteiger partial charge in [0.15, 0.2) is 0 Å². The Kier molecular flexibility index (Phi) is 5.18. The molecule has 0 radical (unpaired) electrons. The Hall–Kier alpha value is -1.23. The van der Waals surface area contributed by atoms with Crippen LogP contribution in [0.25, 0.3) is 11.0 Å². The van der Waals surface area contributed by atoms with Gasteiger partial charge < -0.3 is 4.90 Å². The summed E-state index contributed by atoms with van der Waals surface area (Å²) in [6, 6.07) is 5.02. The molecule has 0 N–H and O–H groups in total. The summed E-state index contributed by atoms with van der Waals surface area (Å²) in [4.78, 5) is 14.9. The fourth-order valence-electron chi connectivity index (χ4n) is 3.53. The molecule has 26 heavy (non-hydrogen) atoms. The Balaban J connectivity index is 1.57. The largest absolute Gasteiger partial charge is 0.341 e. The van der Waals surface area contributed by atoms with Gasteiger partial charge in [-0.15, -0.1) is 0 Å². The van der Waals surface area contributed by atoms with Gasteiger partial charge in [-0.2, -0.15) is 24.8 Å². The van der Waals surface area contributed by atoms with Crippen LogP contribution >= 0.6 is 23.5 Å². The molecule has 140 valence electrons. The van der Waals surface area contributed by atoms with E-state index in [0.29, 0.717) is 24.0 Å². The van der Waals surface area contributed by atoms with Crippen LogP contribution in [0, 0.1) is 5.92 Å². The number of carbonyl (C=O) groups is 1. The lowest BCUT2D eigenvalue weighted by molar-refractivity contribution is -0.136. The standard InChI is InChI=1S/C16H20N4O3S3/c21-16(19-7-9-24-10-8-19)12-3-2-6-20(11-12)26(22,23)14-5-1-4-13-15(14)18-25-17-13/h1,4-5,12H,2-3,6-11H2. The van der Waals surface area contributed by atoms with Gasteiger partial charge in [0, 0.05) is 37.7 Å². The molecule has 0 spiro atoms. The zero-order valence-corrected chi connectivity index (χ0v) is 16.7. The highest BCUT2D eigenvalue weighted by atomic mass is 32.2. The lowest BCUT2D eigenvalue weighted by atomic mass is 9.98. The third kappa shape index (κ3) is 3.35. The van der Waals surface area contributed by atoms with Crippen molar-refractivity contribution in [1.82, 2.24) is 18.0 Å². The van der Waals surface area contributed by atoms with E-state index in [1.165, 1.54) is 4.31 Å². The van der Waals surface area contributed by atoms with Crippen molar-refractivity contribution in [2.24, 2.45) is 5.92 Å². The second kappa shape index (κ2) is 7.41. The van der Waals surface area contributed by atoms with Crippen LogP contribution in [0.3, 0.4) is 0 Å². The monoisotopic (exact) mass is 412 g/mol. The fraction of sp³-hybridized carbons (Fsp3) is 0.562. The molecule has 1 aromatic heterocycles. The van der Waals surface area contributed by atoms with Crippen molar-refractivity contribution in [2.45, 2.75) is 17.7 Å². The maximum Gasteiger partial charge on any atom is 0.245 e. The summed E-state index contributed by atoms with van der Waals surface area (Å²) in [6.45, 7) is 2.21. The molecule has 2 aliphatic heterocycles. The van der Waals surface area contributed by atoms with E-state index in [9.17, 15) is 13.2 Å². The molecule has 2 aromatic rings. The number of hydrogen-bond acceptors (Lipinski definition) is 7. The lowest BCUT2D eigenvalue weighted by Gasteiger charge is -2.35. The number of hydrogen-bond donors (Lipinski definition) is 0. The van der Waals surface area contributed by atoms with Crippen LogP contribution in [0.4, 0.5) is 0 Å². The van der Waals surface area contributed by atoms with Crippen molar-refractivity contribution in [3.8, 4) is 0 Å². The summed E-state index contributed by atoms with van der Waals surface area (Å²) in [5.74, 6) is 1.76. The van der Waals surface area contributed by atoms with E-state index in [1.807, 2.05) is 16.7 Å². The molecular weight excluding hydrogens is 392 g/mol. The third-order valence-electron chi connectivity index (χ3n) is 4.92. The van der Waals surface area contributed by atoms with E-state index in [2.05, 4.69) is 8.75 Å².